The molecule has 9 heteroatoms. The Morgan fingerprint density at radius 2 is 1.36 bits per heavy atom. The summed E-state index contributed by atoms with van der Waals surface area (Å²) in [5.41, 5.74) is 0. The molecule has 0 N–H and O–H groups in total. The summed E-state index contributed by atoms with van der Waals surface area (Å²) in [6, 6.07) is 12.4. The number of esters is 1. The highest BCUT2D eigenvalue weighted by Gasteiger charge is 2.23. The van der Waals surface area contributed by atoms with Gasteiger partial charge in [0.25, 0.3) is 0 Å². The van der Waals surface area contributed by atoms with E-state index < -0.39 is 11.6 Å². The molecule has 3 rings (SSSR count). The Kier molecular flexibility index (Phi) is 10.9. The number of rotatable bonds is 13. The molecule has 0 spiro atoms. The van der Waals surface area contributed by atoms with Gasteiger partial charge < -0.3 is 19.1 Å². The summed E-state index contributed by atoms with van der Waals surface area (Å²) >= 11 is 0. The van der Waals surface area contributed by atoms with Crippen molar-refractivity contribution in [3.8, 4) is 11.5 Å². The molecule has 196 valence electrons. The van der Waals surface area contributed by atoms with Crippen molar-refractivity contribution < 1.29 is 32.6 Å². The normalized spacial score (nSPS) is 14.8. The first-order valence-corrected chi connectivity index (χ1v) is 12.4. The number of carbonyl (C=O) groups excluding carboxylic acids is 2. The molecule has 1 saturated heterocycles. The van der Waals surface area contributed by atoms with Crippen LogP contribution in [-0.2, 0) is 14.3 Å². The van der Waals surface area contributed by atoms with E-state index in [-0.39, 0.29) is 49.1 Å². The Morgan fingerprint density at radius 3 is 1.92 bits per heavy atom. The first kappa shape index (κ1) is 27.4. The lowest BCUT2D eigenvalue weighted by Crippen LogP contribution is -2.50. The Bertz CT molecular complexity index is 982. The van der Waals surface area contributed by atoms with Gasteiger partial charge >= 0.3 is 5.97 Å². The van der Waals surface area contributed by atoms with Crippen LogP contribution in [0, 0.1) is 11.6 Å². The summed E-state index contributed by atoms with van der Waals surface area (Å²) in [5, 5.41) is 0. The van der Waals surface area contributed by atoms with Gasteiger partial charge in [-0.25, -0.2) is 8.78 Å². The molecule has 0 saturated carbocycles. The second kappa shape index (κ2) is 14.4. The zero-order valence-electron chi connectivity index (χ0n) is 20.7. The van der Waals surface area contributed by atoms with Crippen LogP contribution in [0.1, 0.15) is 32.6 Å². The summed E-state index contributed by atoms with van der Waals surface area (Å²) in [6.07, 6.45) is 1.23. The molecule has 0 aromatic heterocycles. The quantitative estimate of drug-likeness (QED) is 0.303. The number of para-hydroxylation sites is 2. The molecular weight excluding hydrogens is 470 g/mol. The van der Waals surface area contributed by atoms with Gasteiger partial charge in [0.1, 0.15) is 6.10 Å². The molecule has 0 radical (unpaired) electrons. The van der Waals surface area contributed by atoms with Crippen LogP contribution in [-0.4, -0.2) is 73.7 Å². The third-order valence-corrected chi connectivity index (χ3v) is 5.82. The average Bonchev–Trinajstić information content (AvgIpc) is 2.86. The molecule has 7 nitrogen and oxygen atoms in total. The first-order valence-electron chi connectivity index (χ1n) is 12.4. The Hall–Kier alpha value is -3.20. The van der Waals surface area contributed by atoms with Crippen LogP contribution in [0.15, 0.2) is 48.5 Å². The number of amides is 1. The van der Waals surface area contributed by atoms with E-state index >= 15 is 0 Å². The Labute approximate surface area is 210 Å². The van der Waals surface area contributed by atoms with Crippen LogP contribution in [0.25, 0.3) is 0 Å². The van der Waals surface area contributed by atoms with E-state index in [0.717, 1.165) is 0 Å². The fourth-order valence-electron chi connectivity index (χ4n) is 3.95. The minimum atomic E-state index is -0.427. The molecule has 36 heavy (non-hydrogen) atoms. The second-order valence-corrected chi connectivity index (χ2v) is 8.75. The number of carbonyl (C=O) groups is 2. The number of halogens is 2. The number of benzene rings is 2. The van der Waals surface area contributed by atoms with E-state index in [1.54, 1.807) is 36.4 Å². The van der Waals surface area contributed by atoms with E-state index in [1.165, 1.54) is 12.1 Å². The molecule has 1 aliphatic heterocycles. The fraction of sp³-hybridized carbons (Fsp3) is 0.481. The molecule has 1 heterocycles. The smallest absolute Gasteiger partial charge is 0.306 e. The van der Waals surface area contributed by atoms with Gasteiger partial charge in [0.05, 0.1) is 13.2 Å². The molecule has 1 unspecified atom stereocenters. The van der Waals surface area contributed by atoms with Gasteiger partial charge in [-0.15, -0.1) is 0 Å². The Morgan fingerprint density at radius 1 is 0.833 bits per heavy atom. The first-order chi connectivity index (χ1) is 17.4. The lowest BCUT2D eigenvalue weighted by molar-refractivity contribution is -0.149. The molecule has 0 aliphatic carbocycles. The average molecular weight is 505 g/mol. The van der Waals surface area contributed by atoms with Crippen LogP contribution >= 0.6 is 0 Å². The van der Waals surface area contributed by atoms with Gasteiger partial charge in [-0.3, -0.25) is 14.5 Å². The predicted octanol–water partition coefficient (Wildman–Crippen LogP) is 4.06. The number of hydrogen-bond donors (Lipinski definition) is 0. The highest BCUT2D eigenvalue weighted by Crippen LogP contribution is 2.17. The van der Waals surface area contributed by atoms with Crippen molar-refractivity contribution in [2.24, 2.45) is 0 Å². The third kappa shape index (κ3) is 9.11. The highest BCUT2D eigenvalue weighted by molar-refractivity contribution is 5.76. The van der Waals surface area contributed by atoms with Gasteiger partial charge in [-0.2, -0.15) is 0 Å². The van der Waals surface area contributed by atoms with Crippen LogP contribution < -0.4 is 9.47 Å². The fourth-order valence-corrected chi connectivity index (χ4v) is 3.95. The predicted molar refractivity (Wildman–Crippen MR) is 131 cm³/mol. The zero-order chi connectivity index (χ0) is 25.8. The molecule has 0 bridgehead atoms. The van der Waals surface area contributed by atoms with Crippen LogP contribution in [0.4, 0.5) is 8.78 Å². The molecule has 1 amide bonds. The third-order valence-electron chi connectivity index (χ3n) is 5.82. The standard InChI is InChI=1S/C27H34F2N2O5/c1-21(36-27(33)13-7-19-35-25-11-5-3-9-23(25)29)20-30-14-16-31(17-15-30)26(32)12-6-18-34-24-10-4-2-8-22(24)28/h2-5,8-11,21H,6-7,12-20H2,1H3. The van der Waals surface area contributed by atoms with Gasteiger partial charge in [0, 0.05) is 45.6 Å². The summed E-state index contributed by atoms with van der Waals surface area (Å²) < 4.78 is 43.3. The highest BCUT2D eigenvalue weighted by atomic mass is 19.1. The number of piperazine rings is 1. The minimum absolute atomic E-state index is 0.0591. The maximum atomic E-state index is 13.6. The van der Waals surface area contributed by atoms with Crippen molar-refractivity contribution in [3.05, 3.63) is 60.2 Å². The van der Waals surface area contributed by atoms with Gasteiger partial charge in [0.2, 0.25) is 5.91 Å². The van der Waals surface area contributed by atoms with E-state index in [0.29, 0.717) is 52.0 Å². The van der Waals surface area contributed by atoms with E-state index in [9.17, 15) is 18.4 Å². The summed E-state index contributed by atoms with van der Waals surface area (Å²) in [5.74, 6) is -0.718. The van der Waals surface area contributed by atoms with Crippen LogP contribution in [0.2, 0.25) is 0 Å². The van der Waals surface area contributed by atoms with Crippen molar-refractivity contribution in [1.29, 1.82) is 0 Å². The Balaban J connectivity index is 1.24. The summed E-state index contributed by atoms with van der Waals surface area (Å²) in [6.45, 7) is 5.59. The van der Waals surface area contributed by atoms with Crippen molar-refractivity contribution in [1.82, 2.24) is 9.80 Å². The minimum Gasteiger partial charge on any atom is -0.491 e. The monoisotopic (exact) mass is 504 g/mol. The topological polar surface area (TPSA) is 68.3 Å². The van der Waals surface area contributed by atoms with E-state index in [1.807, 2.05) is 11.8 Å². The molecule has 1 atom stereocenters. The molecular formula is C27H34F2N2O5. The molecule has 1 fully saturated rings. The van der Waals surface area contributed by atoms with E-state index in [4.69, 9.17) is 14.2 Å². The molecule has 1 aliphatic rings. The number of nitrogens with zero attached hydrogens (tertiary/aromatic N) is 2. The lowest BCUT2D eigenvalue weighted by Gasteiger charge is -2.35. The van der Waals surface area contributed by atoms with Crippen molar-refractivity contribution in [2.75, 3.05) is 45.9 Å². The van der Waals surface area contributed by atoms with E-state index in [2.05, 4.69) is 4.90 Å². The zero-order valence-corrected chi connectivity index (χ0v) is 20.7. The number of hydrogen-bond acceptors (Lipinski definition) is 6. The lowest BCUT2D eigenvalue weighted by atomic mass is 10.2. The van der Waals surface area contributed by atoms with Crippen molar-refractivity contribution in [3.63, 3.8) is 0 Å². The van der Waals surface area contributed by atoms with Crippen LogP contribution in [0.3, 0.4) is 0 Å². The van der Waals surface area contributed by atoms with Crippen molar-refractivity contribution in [2.45, 2.75) is 38.7 Å². The molecule has 2 aromatic carbocycles. The number of ether oxygens (including phenoxy) is 3. The van der Waals surface area contributed by atoms with Gasteiger partial charge in [-0.05, 0) is 44.0 Å². The summed E-state index contributed by atoms with van der Waals surface area (Å²) in [4.78, 5) is 28.6. The molecule has 2 aromatic rings. The second-order valence-electron chi connectivity index (χ2n) is 8.75. The van der Waals surface area contributed by atoms with Crippen LogP contribution in [0.5, 0.6) is 11.5 Å². The maximum absolute atomic E-state index is 13.6. The largest absolute Gasteiger partial charge is 0.491 e. The van der Waals surface area contributed by atoms with Gasteiger partial charge in [-0.1, -0.05) is 24.3 Å². The van der Waals surface area contributed by atoms with Gasteiger partial charge in [0.15, 0.2) is 23.1 Å². The summed E-state index contributed by atoms with van der Waals surface area (Å²) in [7, 11) is 0. The van der Waals surface area contributed by atoms with Crippen molar-refractivity contribution >= 4 is 11.9 Å². The SMILES string of the molecule is CC(CN1CCN(C(=O)CCCOc2ccccc2F)CC1)OC(=O)CCCOc1ccccc1F. The maximum Gasteiger partial charge on any atom is 0.306 e.